The fraction of sp³-hybridized carbons (Fsp3) is 0.0833. The fourth-order valence-corrected chi connectivity index (χ4v) is 2.23. The molecule has 0 radical (unpaired) electrons. The number of aromatic nitrogens is 1. The average Bonchev–Trinajstić information content (AvgIpc) is 2.71. The third-order valence-electron chi connectivity index (χ3n) is 2.36. The van der Waals surface area contributed by atoms with Crippen molar-refractivity contribution in [3.8, 4) is 6.07 Å². The Balaban J connectivity index is 2.25. The maximum absolute atomic E-state index is 13.1. The van der Waals surface area contributed by atoms with Crippen molar-refractivity contribution in [2.45, 2.75) is 6.92 Å². The summed E-state index contributed by atoms with van der Waals surface area (Å²) in [6.07, 6.45) is 0. The first-order valence-corrected chi connectivity index (χ1v) is 6.07. The molecule has 1 amide bonds. The maximum atomic E-state index is 13.1. The summed E-state index contributed by atoms with van der Waals surface area (Å²) < 4.78 is 13.1. The molecule has 0 atom stereocenters. The van der Waals surface area contributed by atoms with Crippen molar-refractivity contribution in [3.63, 3.8) is 0 Å². The van der Waals surface area contributed by atoms with Crippen LogP contribution in [-0.4, -0.2) is 10.9 Å². The topological polar surface area (TPSA) is 91.8 Å². The largest absolute Gasteiger partial charge is 0.375 e. The Morgan fingerprint density at radius 2 is 2.32 bits per heavy atom. The Morgan fingerprint density at radius 3 is 2.89 bits per heavy atom. The van der Waals surface area contributed by atoms with Gasteiger partial charge in [-0.25, -0.2) is 9.37 Å². The van der Waals surface area contributed by atoms with Crippen molar-refractivity contribution in [1.29, 1.82) is 5.26 Å². The van der Waals surface area contributed by atoms with Gasteiger partial charge in [0.2, 0.25) is 0 Å². The normalized spacial score (nSPS) is 9.95. The number of thiazole rings is 1. The fourth-order valence-electron chi connectivity index (χ4n) is 1.50. The molecule has 0 saturated carbocycles. The van der Waals surface area contributed by atoms with Crippen LogP contribution in [0.5, 0.6) is 0 Å². The zero-order chi connectivity index (χ0) is 14.0. The SMILES string of the molecule is Cc1nc(N)sc1C(=O)Nc1ccc(F)c(C#N)c1. The second-order valence-electron chi connectivity index (χ2n) is 3.73. The van der Waals surface area contributed by atoms with Gasteiger partial charge < -0.3 is 11.1 Å². The maximum Gasteiger partial charge on any atom is 0.267 e. The Morgan fingerprint density at radius 1 is 1.58 bits per heavy atom. The summed E-state index contributed by atoms with van der Waals surface area (Å²) >= 11 is 1.07. The zero-order valence-electron chi connectivity index (χ0n) is 9.90. The number of nitrogens with zero attached hydrogens (tertiary/aromatic N) is 2. The Hall–Kier alpha value is -2.46. The quantitative estimate of drug-likeness (QED) is 0.880. The van der Waals surface area contributed by atoms with Gasteiger partial charge in [0.25, 0.3) is 5.91 Å². The lowest BCUT2D eigenvalue weighted by Crippen LogP contribution is -2.11. The number of hydrogen-bond donors (Lipinski definition) is 2. The third kappa shape index (κ3) is 2.69. The number of hydrogen-bond acceptors (Lipinski definition) is 5. The number of benzene rings is 1. The predicted octanol–water partition coefficient (Wildman–Crippen LogP) is 2.30. The first-order valence-electron chi connectivity index (χ1n) is 5.25. The molecular formula is C12H9FN4OS. The van der Waals surface area contributed by atoms with Crippen molar-refractivity contribution in [1.82, 2.24) is 4.98 Å². The van der Waals surface area contributed by atoms with Crippen molar-refractivity contribution >= 4 is 28.1 Å². The minimum atomic E-state index is -0.626. The second-order valence-corrected chi connectivity index (χ2v) is 4.76. The highest BCUT2D eigenvalue weighted by molar-refractivity contribution is 7.17. The van der Waals surface area contributed by atoms with Crippen LogP contribution in [0.3, 0.4) is 0 Å². The molecule has 96 valence electrons. The third-order valence-corrected chi connectivity index (χ3v) is 3.35. The molecule has 2 rings (SSSR count). The van der Waals surface area contributed by atoms with Crippen LogP contribution in [0.4, 0.5) is 15.2 Å². The van der Waals surface area contributed by atoms with E-state index in [0.29, 0.717) is 21.4 Å². The average molecular weight is 276 g/mol. The Bertz CT molecular complexity index is 690. The molecule has 19 heavy (non-hydrogen) atoms. The summed E-state index contributed by atoms with van der Waals surface area (Å²) in [5.74, 6) is -1.01. The number of amides is 1. The summed E-state index contributed by atoms with van der Waals surface area (Å²) in [4.78, 5) is 16.3. The summed E-state index contributed by atoms with van der Waals surface area (Å²) in [5, 5.41) is 11.6. The van der Waals surface area contributed by atoms with E-state index < -0.39 is 5.82 Å². The molecule has 0 saturated heterocycles. The van der Waals surface area contributed by atoms with Gasteiger partial charge in [0, 0.05) is 5.69 Å². The van der Waals surface area contributed by atoms with Gasteiger partial charge in [-0.2, -0.15) is 5.26 Å². The van der Waals surface area contributed by atoms with E-state index in [9.17, 15) is 9.18 Å². The summed E-state index contributed by atoms with van der Waals surface area (Å²) in [5.41, 5.74) is 6.26. The van der Waals surface area contributed by atoms with Gasteiger partial charge >= 0.3 is 0 Å². The van der Waals surface area contributed by atoms with Crippen molar-refractivity contribution in [3.05, 3.63) is 40.2 Å². The van der Waals surface area contributed by atoms with E-state index in [-0.39, 0.29) is 11.5 Å². The Labute approximate surface area is 112 Å². The number of halogens is 1. The molecule has 0 aliphatic carbocycles. The first kappa shape index (κ1) is 13.0. The number of nitriles is 1. The summed E-state index contributed by atoms with van der Waals surface area (Å²) in [7, 11) is 0. The number of nitrogens with two attached hydrogens (primary N) is 1. The molecule has 0 fully saturated rings. The van der Waals surface area contributed by atoms with Crippen molar-refractivity contribution in [2.75, 3.05) is 11.1 Å². The van der Waals surface area contributed by atoms with Gasteiger partial charge in [0.05, 0.1) is 11.3 Å². The molecule has 0 unspecified atom stereocenters. The Kier molecular flexibility index (Phi) is 3.44. The molecular weight excluding hydrogens is 267 g/mol. The lowest BCUT2D eigenvalue weighted by molar-refractivity contribution is 0.103. The van der Waals surface area contributed by atoms with E-state index >= 15 is 0 Å². The monoisotopic (exact) mass is 276 g/mol. The molecule has 0 spiro atoms. The molecule has 1 heterocycles. The van der Waals surface area contributed by atoms with E-state index in [1.54, 1.807) is 13.0 Å². The molecule has 5 nitrogen and oxygen atoms in total. The number of rotatable bonds is 2. The molecule has 2 aromatic rings. The number of carbonyl (C=O) groups excluding carboxylic acids is 1. The van der Waals surface area contributed by atoms with Gasteiger partial charge in [-0.3, -0.25) is 4.79 Å². The lowest BCUT2D eigenvalue weighted by Gasteiger charge is -2.04. The molecule has 0 bridgehead atoms. The van der Waals surface area contributed by atoms with E-state index in [4.69, 9.17) is 11.0 Å². The summed E-state index contributed by atoms with van der Waals surface area (Å²) in [6.45, 7) is 1.67. The van der Waals surface area contributed by atoms with Gasteiger partial charge in [-0.05, 0) is 25.1 Å². The summed E-state index contributed by atoms with van der Waals surface area (Å²) in [6, 6.07) is 5.49. The molecule has 1 aromatic carbocycles. The van der Waals surface area contributed by atoms with Crippen LogP contribution in [0.15, 0.2) is 18.2 Å². The number of aryl methyl sites for hydroxylation is 1. The molecule has 7 heteroatoms. The lowest BCUT2D eigenvalue weighted by atomic mass is 10.2. The van der Waals surface area contributed by atoms with Crippen LogP contribution in [0.25, 0.3) is 0 Å². The minimum Gasteiger partial charge on any atom is -0.375 e. The number of nitrogens with one attached hydrogen (secondary N) is 1. The van der Waals surface area contributed by atoms with Gasteiger partial charge in [-0.1, -0.05) is 11.3 Å². The molecule has 0 aliphatic rings. The van der Waals surface area contributed by atoms with E-state index in [0.717, 1.165) is 17.4 Å². The molecule has 0 aliphatic heterocycles. The van der Waals surface area contributed by atoms with Crippen LogP contribution in [0.1, 0.15) is 20.9 Å². The zero-order valence-corrected chi connectivity index (χ0v) is 10.7. The first-order chi connectivity index (χ1) is 9.01. The highest BCUT2D eigenvalue weighted by atomic mass is 32.1. The van der Waals surface area contributed by atoms with Crippen LogP contribution >= 0.6 is 11.3 Å². The van der Waals surface area contributed by atoms with Gasteiger partial charge in [0.15, 0.2) is 5.13 Å². The van der Waals surface area contributed by atoms with E-state index in [1.807, 2.05) is 0 Å². The second kappa shape index (κ2) is 5.04. The standard InChI is InChI=1S/C12H9FN4OS/c1-6-10(19-12(15)16-6)11(18)17-8-2-3-9(13)7(4-8)5-14/h2-4H,1H3,(H2,15,16)(H,17,18). The molecule has 3 N–H and O–H groups in total. The van der Waals surface area contributed by atoms with Gasteiger partial charge in [-0.15, -0.1) is 0 Å². The van der Waals surface area contributed by atoms with Crippen molar-refractivity contribution < 1.29 is 9.18 Å². The number of nitrogen functional groups attached to an aromatic ring is 1. The number of carbonyl (C=O) groups is 1. The van der Waals surface area contributed by atoms with Crippen LogP contribution in [-0.2, 0) is 0 Å². The van der Waals surface area contributed by atoms with Crippen LogP contribution in [0.2, 0.25) is 0 Å². The minimum absolute atomic E-state index is 0.127. The number of anilines is 2. The van der Waals surface area contributed by atoms with Crippen LogP contribution < -0.4 is 11.1 Å². The van der Waals surface area contributed by atoms with Gasteiger partial charge in [0.1, 0.15) is 16.8 Å². The highest BCUT2D eigenvalue weighted by Gasteiger charge is 2.14. The molecule has 1 aromatic heterocycles. The van der Waals surface area contributed by atoms with E-state index in [1.165, 1.54) is 12.1 Å². The smallest absolute Gasteiger partial charge is 0.267 e. The van der Waals surface area contributed by atoms with Crippen molar-refractivity contribution in [2.24, 2.45) is 0 Å². The van der Waals surface area contributed by atoms with E-state index in [2.05, 4.69) is 10.3 Å². The predicted molar refractivity (Wildman–Crippen MR) is 70.3 cm³/mol. The van der Waals surface area contributed by atoms with Crippen LogP contribution in [0, 0.1) is 24.1 Å². The highest BCUT2D eigenvalue weighted by Crippen LogP contribution is 2.21.